The Labute approximate surface area is 150 Å². The molecule has 0 saturated carbocycles. The maximum absolute atomic E-state index is 12.6. The Bertz CT molecular complexity index is 871. The summed E-state index contributed by atoms with van der Waals surface area (Å²) in [5.74, 6) is -1.12. The van der Waals surface area contributed by atoms with Gasteiger partial charge in [-0.1, -0.05) is 6.07 Å². The van der Waals surface area contributed by atoms with Gasteiger partial charge in [0.25, 0.3) is 10.0 Å². The number of piperazine rings is 1. The van der Waals surface area contributed by atoms with E-state index in [1.54, 1.807) is 6.20 Å². The third-order valence-electron chi connectivity index (χ3n) is 4.09. The predicted octanol–water partition coefficient (Wildman–Crippen LogP) is 1.66. The zero-order valence-corrected chi connectivity index (χ0v) is 15.4. The molecule has 0 unspecified atom stereocenters. The van der Waals surface area contributed by atoms with Gasteiger partial charge < -0.3 is 5.11 Å². The molecule has 2 aromatic heterocycles. The highest BCUT2D eigenvalue weighted by Crippen LogP contribution is 2.25. The Kier molecular flexibility index (Phi) is 5.19. The third-order valence-corrected chi connectivity index (χ3v) is 7.40. The maximum atomic E-state index is 12.6. The molecule has 0 radical (unpaired) electrons. The number of aromatic carboxylic acids is 1. The number of aromatic nitrogens is 1. The number of pyridine rings is 1. The fourth-order valence-electron chi connectivity index (χ4n) is 2.78. The molecule has 1 N–H and O–H groups in total. The number of aryl methyl sites for hydroxylation is 1. The molecule has 1 aliphatic rings. The van der Waals surface area contributed by atoms with E-state index in [0.717, 1.165) is 29.0 Å². The lowest BCUT2D eigenvalue weighted by Gasteiger charge is -2.33. The van der Waals surface area contributed by atoms with Crippen LogP contribution in [0.1, 0.15) is 21.5 Å². The van der Waals surface area contributed by atoms with Crippen LogP contribution in [0.3, 0.4) is 0 Å². The van der Waals surface area contributed by atoms with Gasteiger partial charge in [0.2, 0.25) is 0 Å². The molecule has 7 nitrogen and oxygen atoms in total. The van der Waals surface area contributed by atoms with E-state index < -0.39 is 16.0 Å². The maximum Gasteiger partial charge on any atom is 0.336 e. The lowest BCUT2D eigenvalue weighted by molar-refractivity contribution is 0.0697. The summed E-state index contributed by atoms with van der Waals surface area (Å²) in [6.07, 6.45) is 3.63. The first-order chi connectivity index (χ1) is 11.9. The van der Waals surface area contributed by atoms with Crippen LogP contribution in [0.25, 0.3) is 0 Å². The molecule has 1 fully saturated rings. The number of thiophene rings is 1. The van der Waals surface area contributed by atoms with Gasteiger partial charge in [-0.05, 0) is 24.1 Å². The molecule has 1 aliphatic heterocycles. The van der Waals surface area contributed by atoms with E-state index in [4.69, 9.17) is 5.11 Å². The number of sulfonamides is 1. The van der Waals surface area contributed by atoms with Crippen molar-refractivity contribution in [2.24, 2.45) is 0 Å². The minimum Gasteiger partial charge on any atom is -0.478 e. The molecule has 0 amide bonds. The second-order valence-electron chi connectivity index (χ2n) is 6.01. The average molecular weight is 381 g/mol. The Morgan fingerprint density at radius 2 is 1.96 bits per heavy atom. The van der Waals surface area contributed by atoms with Crippen LogP contribution >= 0.6 is 11.3 Å². The lowest BCUT2D eigenvalue weighted by atomic mass is 10.2. The molecule has 0 spiro atoms. The summed E-state index contributed by atoms with van der Waals surface area (Å²) < 4.78 is 26.8. The summed E-state index contributed by atoms with van der Waals surface area (Å²) in [5, 5.41) is 10.3. The van der Waals surface area contributed by atoms with Gasteiger partial charge in [0.05, 0.1) is 5.56 Å². The van der Waals surface area contributed by atoms with E-state index in [9.17, 15) is 13.2 Å². The molecule has 3 heterocycles. The number of nitrogens with zero attached hydrogens (tertiary/aromatic N) is 3. The Hall–Kier alpha value is -1.81. The fraction of sp³-hybridized carbons (Fsp3) is 0.375. The largest absolute Gasteiger partial charge is 0.478 e. The first kappa shape index (κ1) is 18.0. The van der Waals surface area contributed by atoms with Gasteiger partial charge in [0, 0.05) is 50.5 Å². The van der Waals surface area contributed by atoms with Gasteiger partial charge in [0.1, 0.15) is 4.21 Å². The van der Waals surface area contributed by atoms with Crippen LogP contribution in [-0.2, 0) is 16.6 Å². The van der Waals surface area contributed by atoms with Gasteiger partial charge in [0.15, 0.2) is 0 Å². The standard InChI is InChI=1S/C16H19N3O4S2/c1-12-6-13(9-17-8-12)10-18-2-4-19(5-3-18)25(22,23)15-7-14(11-24-15)16(20)21/h6-9,11H,2-5,10H2,1H3,(H,20,21). The smallest absolute Gasteiger partial charge is 0.336 e. The summed E-state index contributed by atoms with van der Waals surface area (Å²) in [4.78, 5) is 17.3. The molecule has 9 heteroatoms. The zero-order valence-electron chi connectivity index (χ0n) is 13.8. The van der Waals surface area contributed by atoms with Crippen LogP contribution in [0.5, 0.6) is 0 Å². The van der Waals surface area contributed by atoms with Gasteiger partial charge in [-0.25, -0.2) is 13.2 Å². The molecule has 1 saturated heterocycles. The van der Waals surface area contributed by atoms with Crippen LogP contribution < -0.4 is 0 Å². The van der Waals surface area contributed by atoms with E-state index in [-0.39, 0.29) is 9.77 Å². The molecule has 0 bridgehead atoms. The predicted molar refractivity (Wildman–Crippen MR) is 94.3 cm³/mol. The van der Waals surface area contributed by atoms with Gasteiger partial charge >= 0.3 is 5.97 Å². The quantitative estimate of drug-likeness (QED) is 0.847. The van der Waals surface area contributed by atoms with Crippen LogP contribution in [0, 0.1) is 6.92 Å². The van der Waals surface area contributed by atoms with Crippen LogP contribution in [0.2, 0.25) is 0 Å². The second kappa shape index (κ2) is 7.20. The van der Waals surface area contributed by atoms with E-state index in [2.05, 4.69) is 16.0 Å². The molecule has 0 atom stereocenters. The van der Waals surface area contributed by atoms with E-state index in [0.29, 0.717) is 26.2 Å². The van der Waals surface area contributed by atoms with Crippen LogP contribution in [-0.4, -0.2) is 59.9 Å². The Morgan fingerprint density at radius 3 is 2.56 bits per heavy atom. The zero-order chi connectivity index (χ0) is 18.0. The molecular formula is C16H19N3O4S2. The van der Waals surface area contributed by atoms with Crippen molar-refractivity contribution in [1.82, 2.24) is 14.2 Å². The van der Waals surface area contributed by atoms with E-state index in [1.165, 1.54) is 15.8 Å². The highest BCUT2D eigenvalue weighted by Gasteiger charge is 2.30. The normalized spacial score (nSPS) is 16.8. The molecule has 3 rings (SSSR count). The van der Waals surface area contributed by atoms with Crippen molar-refractivity contribution in [3.8, 4) is 0 Å². The Balaban J connectivity index is 1.63. The molecule has 0 aliphatic carbocycles. The van der Waals surface area contributed by atoms with Gasteiger partial charge in [-0.3, -0.25) is 9.88 Å². The number of carboxylic acids is 1. The summed E-state index contributed by atoms with van der Waals surface area (Å²) in [5.41, 5.74) is 2.22. The van der Waals surface area contributed by atoms with E-state index >= 15 is 0 Å². The van der Waals surface area contributed by atoms with Crippen molar-refractivity contribution >= 4 is 27.3 Å². The molecule has 0 aromatic carbocycles. The first-order valence-electron chi connectivity index (χ1n) is 7.81. The van der Waals surface area contributed by atoms with Crippen molar-refractivity contribution in [2.45, 2.75) is 17.7 Å². The topological polar surface area (TPSA) is 90.8 Å². The Morgan fingerprint density at radius 1 is 1.24 bits per heavy atom. The van der Waals surface area contributed by atoms with Crippen molar-refractivity contribution in [3.05, 3.63) is 46.6 Å². The minimum atomic E-state index is -3.63. The van der Waals surface area contributed by atoms with Crippen molar-refractivity contribution < 1.29 is 18.3 Å². The summed E-state index contributed by atoms with van der Waals surface area (Å²) in [7, 11) is -3.63. The van der Waals surface area contributed by atoms with Crippen LogP contribution in [0.4, 0.5) is 0 Å². The fourth-order valence-corrected chi connectivity index (χ4v) is 5.51. The average Bonchev–Trinajstić information content (AvgIpc) is 3.06. The SMILES string of the molecule is Cc1cncc(CN2CCN(S(=O)(=O)c3cc(C(=O)O)cs3)CC2)c1. The highest BCUT2D eigenvalue weighted by atomic mass is 32.2. The second-order valence-corrected chi connectivity index (χ2v) is 9.09. The molecule has 134 valence electrons. The minimum absolute atomic E-state index is 0.00848. The summed E-state index contributed by atoms with van der Waals surface area (Å²) in [6, 6.07) is 3.31. The number of rotatable bonds is 5. The number of carbonyl (C=O) groups is 1. The van der Waals surface area contributed by atoms with Crippen molar-refractivity contribution in [1.29, 1.82) is 0 Å². The summed E-state index contributed by atoms with van der Waals surface area (Å²) >= 11 is 0.951. The van der Waals surface area contributed by atoms with Crippen molar-refractivity contribution in [2.75, 3.05) is 26.2 Å². The van der Waals surface area contributed by atoms with E-state index in [1.807, 2.05) is 13.1 Å². The lowest BCUT2D eigenvalue weighted by Crippen LogP contribution is -2.48. The summed E-state index contributed by atoms with van der Waals surface area (Å²) in [6.45, 7) is 4.77. The van der Waals surface area contributed by atoms with Gasteiger partial charge in [-0.15, -0.1) is 11.3 Å². The monoisotopic (exact) mass is 381 g/mol. The number of hydrogen-bond donors (Lipinski definition) is 1. The first-order valence-corrected chi connectivity index (χ1v) is 10.1. The molecular weight excluding hydrogens is 362 g/mol. The molecule has 2 aromatic rings. The molecule has 25 heavy (non-hydrogen) atoms. The third kappa shape index (κ3) is 4.06. The van der Waals surface area contributed by atoms with Gasteiger partial charge in [-0.2, -0.15) is 4.31 Å². The number of hydrogen-bond acceptors (Lipinski definition) is 6. The van der Waals surface area contributed by atoms with Crippen LogP contribution in [0.15, 0.2) is 34.1 Å². The van der Waals surface area contributed by atoms with Crippen molar-refractivity contribution in [3.63, 3.8) is 0 Å². The highest BCUT2D eigenvalue weighted by molar-refractivity contribution is 7.91. The number of carboxylic acid groups (broad SMARTS) is 1.